The van der Waals surface area contributed by atoms with E-state index >= 15 is 0 Å². The maximum Gasteiger partial charge on any atom is 0.119 e. The molecule has 0 aliphatic carbocycles. The third kappa shape index (κ3) is 4.62. The Balaban J connectivity index is 1.52. The van der Waals surface area contributed by atoms with Crippen LogP contribution in [0, 0.1) is 6.92 Å². The molecule has 0 atom stereocenters. The number of hydrogen-bond acceptors (Lipinski definition) is 2. The molecule has 2 nitrogen and oxygen atoms in total. The Morgan fingerprint density at radius 3 is 2.26 bits per heavy atom. The molecule has 0 spiro atoms. The summed E-state index contributed by atoms with van der Waals surface area (Å²) in [6, 6.07) is 26.8. The Hall–Kier alpha value is -2.74. The average molecular weight is 303 g/mol. The SMILES string of the molecule is Cc1cccc(CNc2ccc(OCc3ccccc3)cc2)c1. The van der Waals surface area contributed by atoms with Crippen LogP contribution in [0.4, 0.5) is 5.69 Å². The Morgan fingerprint density at radius 2 is 1.52 bits per heavy atom. The molecule has 0 radical (unpaired) electrons. The summed E-state index contributed by atoms with van der Waals surface area (Å²) in [6.45, 7) is 3.53. The van der Waals surface area contributed by atoms with Crippen molar-refractivity contribution in [3.05, 3.63) is 95.6 Å². The molecular formula is C21H21NO. The quantitative estimate of drug-likeness (QED) is 0.677. The summed E-state index contributed by atoms with van der Waals surface area (Å²) in [6.07, 6.45) is 0. The molecule has 23 heavy (non-hydrogen) atoms. The molecule has 0 aromatic heterocycles. The van der Waals surface area contributed by atoms with Crippen molar-refractivity contribution >= 4 is 5.69 Å². The van der Waals surface area contributed by atoms with Crippen LogP contribution in [0.15, 0.2) is 78.9 Å². The molecule has 0 saturated heterocycles. The number of anilines is 1. The van der Waals surface area contributed by atoms with Gasteiger partial charge in [-0.25, -0.2) is 0 Å². The van der Waals surface area contributed by atoms with Crippen LogP contribution in [0.5, 0.6) is 5.75 Å². The largest absolute Gasteiger partial charge is 0.489 e. The van der Waals surface area contributed by atoms with Crippen molar-refractivity contribution in [1.29, 1.82) is 0 Å². The Morgan fingerprint density at radius 1 is 0.783 bits per heavy atom. The van der Waals surface area contributed by atoms with Gasteiger partial charge >= 0.3 is 0 Å². The van der Waals surface area contributed by atoms with Gasteiger partial charge in [0, 0.05) is 12.2 Å². The zero-order valence-corrected chi connectivity index (χ0v) is 13.3. The van der Waals surface area contributed by atoms with Gasteiger partial charge in [-0.15, -0.1) is 0 Å². The number of hydrogen-bond donors (Lipinski definition) is 1. The molecule has 0 bridgehead atoms. The normalized spacial score (nSPS) is 10.3. The van der Waals surface area contributed by atoms with Crippen molar-refractivity contribution < 1.29 is 4.74 Å². The van der Waals surface area contributed by atoms with E-state index in [2.05, 4.69) is 60.8 Å². The van der Waals surface area contributed by atoms with E-state index in [-0.39, 0.29) is 0 Å². The van der Waals surface area contributed by atoms with Gasteiger partial charge in [-0.05, 0) is 42.3 Å². The Bertz CT molecular complexity index is 735. The first-order chi connectivity index (χ1) is 11.3. The first-order valence-electron chi connectivity index (χ1n) is 7.86. The summed E-state index contributed by atoms with van der Waals surface area (Å²) >= 11 is 0. The molecule has 1 N–H and O–H groups in total. The van der Waals surface area contributed by atoms with Crippen LogP contribution in [0.25, 0.3) is 0 Å². The van der Waals surface area contributed by atoms with Crippen molar-refractivity contribution in [3.63, 3.8) is 0 Å². The van der Waals surface area contributed by atoms with Crippen molar-refractivity contribution in [2.45, 2.75) is 20.1 Å². The van der Waals surface area contributed by atoms with Crippen molar-refractivity contribution in [2.75, 3.05) is 5.32 Å². The molecule has 3 aromatic rings. The van der Waals surface area contributed by atoms with Crippen LogP contribution in [0.1, 0.15) is 16.7 Å². The molecule has 0 amide bonds. The zero-order valence-electron chi connectivity index (χ0n) is 13.3. The van der Waals surface area contributed by atoms with Gasteiger partial charge in [0.25, 0.3) is 0 Å². The second kappa shape index (κ2) is 7.50. The highest BCUT2D eigenvalue weighted by Gasteiger charge is 1.98. The van der Waals surface area contributed by atoms with E-state index in [9.17, 15) is 0 Å². The molecule has 116 valence electrons. The van der Waals surface area contributed by atoms with Crippen molar-refractivity contribution in [1.82, 2.24) is 0 Å². The van der Waals surface area contributed by atoms with Gasteiger partial charge < -0.3 is 10.1 Å². The highest BCUT2D eigenvalue weighted by Crippen LogP contribution is 2.18. The first-order valence-corrected chi connectivity index (χ1v) is 7.86. The maximum absolute atomic E-state index is 5.80. The summed E-state index contributed by atoms with van der Waals surface area (Å²) in [5, 5.41) is 3.43. The molecular weight excluding hydrogens is 282 g/mol. The second-order valence-corrected chi connectivity index (χ2v) is 5.64. The maximum atomic E-state index is 5.80. The molecule has 0 fully saturated rings. The summed E-state index contributed by atoms with van der Waals surface area (Å²) < 4.78 is 5.80. The lowest BCUT2D eigenvalue weighted by molar-refractivity contribution is 0.306. The van der Waals surface area contributed by atoms with Gasteiger partial charge in [0.2, 0.25) is 0 Å². The summed E-state index contributed by atoms with van der Waals surface area (Å²) in [4.78, 5) is 0. The predicted octanol–water partition coefficient (Wildman–Crippen LogP) is 5.19. The van der Waals surface area contributed by atoms with Gasteiger partial charge in [0.05, 0.1) is 0 Å². The van der Waals surface area contributed by atoms with Gasteiger partial charge in [-0.1, -0.05) is 60.2 Å². The molecule has 0 heterocycles. The lowest BCUT2D eigenvalue weighted by atomic mass is 10.1. The topological polar surface area (TPSA) is 21.3 Å². The monoisotopic (exact) mass is 303 g/mol. The van der Waals surface area contributed by atoms with Gasteiger partial charge in [-0.3, -0.25) is 0 Å². The standard InChI is InChI=1S/C21H21NO/c1-17-6-5-9-19(14-17)15-22-20-10-12-21(13-11-20)23-16-18-7-3-2-4-8-18/h2-14,22H,15-16H2,1H3. The van der Waals surface area contributed by atoms with Crippen molar-refractivity contribution in [2.24, 2.45) is 0 Å². The van der Waals surface area contributed by atoms with Crippen LogP contribution in [0.2, 0.25) is 0 Å². The second-order valence-electron chi connectivity index (χ2n) is 5.64. The number of ether oxygens (including phenoxy) is 1. The van der Waals surface area contributed by atoms with E-state index in [1.54, 1.807) is 0 Å². The molecule has 0 aliphatic rings. The van der Waals surface area contributed by atoms with Crippen LogP contribution >= 0.6 is 0 Å². The summed E-state index contributed by atoms with van der Waals surface area (Å²) in [5.74, 6) is 0.884. The predicted molar refractivity (Wildman–Crippen MR) is 95.7 cm³/mol. The van der Waals surface area contributed by atoms with E-state index in [1.165, 1.54) is 16.7 Å². The van der Waals surface area contributed by atoms with E-state index in [4.69, 9.17) is 4.74 Å². The molecule has 2 heteroatoms. The van der Waals surface area contributed by atoms with E-state index in [1.807, 2.05) is 30.3 Å². The summed E-state index contributed by atoms with van der Waals surface area (Å²) in [7, 11) is 0. The number of aryl methyl sites for hydroxylation is 1. The Labute approximate surface area is 137 Å². The number of benzene rings is 3. The van der Waals surface area contributed by atoms with Gasteiger partial charge in [-0.2, -0.15) is 0 Å². The highest BCUT2D eigenvalue weighted by molar-refractivity contribution is 5.47. The smallest absolute Gasteiger partial charge is 0.119 e. The van der Waals surface area contributed by atoms with Crippen LogP contribution in [0.3, 0.4) is 0 Å². The van der Waals surface area contributed by atoms with E-state index in [0.29, 0.717) is 6.61 Å². The minimum atomic E-state index is 0.594. The molecule has 0 unspecified atom stereocenters. The number of nitrogens with one attached hydrogen (secondary N) is 1. The molecule has 0 saturated carbocycles. The minimum Gasteiger partial charge on any atom is -0.489 e. The molecule has 3 aromatic carbocycles. The van der Waals surface area contributed by atoms with Gasteiger partial charge in [0.15, 0.2) is 0 Å². The summed E-state index contributed by atoms with van der Waals surface area (Å²) in [5.41, 5.74) is 4.84. The fraction of sp³-hybridized carbons (Fsp3) is 0.143. The molecule has 3 rings (SSSR count). The fourth-order valence-corrected chi connectivity index (χ4v) is 2.44. The Kier molecular flexibility index (Phi) is 4.95. The van der Waals surface area contributed by atoms with Gasteiger partial charge in [0.1, 0.15) is 12.4 Å². The average Bonchev–Trinajstić information content (AvgIpc) is 2.60. The van der Waals surface area contributed by atoms with Crippen molar-refractivity contribution in [3.8, 4) is 5.75 Å². The van der Waals surface area contributed by atoms with Crippen LogP contribution in [-0.2, 0) is 13.2 Å². The fourth-order valence-electron chi connectivity index (χ4n) is 2.44. The first kappa shape index (κ1) is 15.2. The third-order valence-corrected chi connectivity index (χ3v) is 3.68. The number of rotatable bonds is 6. The minimum absolute atomic E-state index is 0.594. The lowest BCUT2D eigenvalue weighted by Crippen LogP contribution is -2.00. The van der Waals surface area contributed by atoms with Crippen LogP contribution < -0.4 is 10.1 Å². The highest BCUT2D eigenvalue weighted by atomic mass is 16.5. The van der Waals surface area contributed by atoms with E-state index in [0.717, 1.165) is 18.0 Å². The lowest BCUT2D eigenvalue weighted by Gasteiger charge is -2.09. The zero-order chi connectivity index (χ0) is 15.9. The van der Waals surface area contributed by atoms with Crippen LogP contribution in [-0.4, -0.2) is 0 Å². The third-order valence-electron chi connectivity index (χ3n) is 3.68. The van der Waals surface area contributed by atoms with E-state index < -0.39 is 0 Å². The molecule has 0 aliphatic heterocycles.